The van der Waals surface area contributed by atoms with Crippen LogP contribution in [0.3, 0.4) is 0 Å². The van der Waals surface area contributed by atoms with Gasteiger partial charge in [0.1, 0.15) is 13.2 Å². The molecule has 0 saturated carbocycles. The number of ether oxygens (including phenoxy) is 3. The van der Waals surface area contributed by atoms with Gasteiger partial charge in [-0.3, -0.25) is 14.4 Å². The van der Waals surface area contributed by atoms with Crippen molar-refractivity contribution in [1.29, 1.82) is 0 Å². The molecule has 0 saturated heterocycles. The fourth-order valence-electron chi connectivity index (χ4n) is 9.35. The molecule has 0 aromatic rings. The molecule has 0 bridgehead atoms. The summed E-state index contributed by atoms with van der Waals surface area (Å²) in [5.41, 5.74) is 0. The predicted molar refractivity (Wildman–Crippen MR) is 325 cm³/mol. The Kier molecular flexibility index (Phi) is 60.7. The van der Waals surface area contributed by atoms with Crippen molar-refractivity contribution < 1.29 is 28.6 Å². The molecule has 0 heterocycles. The number of esters is 3. The van der Waals surface area contributed by atoms with E-state index in [1.165, 1.54) is 193 Å². The number of allylic oxidation sites excluding steroid dienone is 12. The number of hydrogen-bond acceptors (Lipinski definition) is 6. The minimum absolute atomic E-state index is 0.0732. The van der Waals surface area contributed by atoms with Gasteiger partial charge in [0, 0.05) is 19.3 Å². The zero-order chi connectivity index (χ0) is 54.3. The smallest absolute Gasteiger partial charge is 0.306 e. The molecule has 1 unspecified atom stereocenters. The first-order chi connectivity index (χ1) is 37.0. The van der Waals surface area contributed by atoms with E-state index in [4.69, 9.17) is 14.2 Å². The molecule has 0 N–H and O–H groups in total. The lowest BCUT2D eigenvalue weighted by Gasteiger charge is -2.18. The summed E-state index contributed by atoms with van der Waals surface area (Å²) < 4.78 is 16.8. The van der Waals surface area contributed by atoms with Crippen molar-refractivity contribution in [2.24, 2.45) is 0 Å². The first kappa shape index (κ1) is 71.8. The second-order valence-corrected chi connectivity index (χ2v) is 21.6. The zero-order valence-corrected chi connectivity index (χ0v) is 49.8. The van der Waals surface area contributed by atoms with E-state index in [1.54, 1.807) is 0 Å². The van der Waals surface area contributed by atoms with E-state index in [-0.39, 0.29) is 31.1 Å². The Hall–Kier alpha value is -3.15. The molecule has 0 aliphatic rings. The van der Waals surface area contributed by atoms with Crippen molar-refractivity contribution in [2.75, 3.05) is 13.2 Å². The highest BCUT2D eigenvalue weighted by Crippen LogP contribution is 2.17. The van der Waals surface area contributed by atoms with Gasteiger partial charge in [-0.15, -0.1) is 0 Å². The van der Waals surface area contributed by atoms with Crippen LogP contribution < -0.4 is 0 Å². The highest BCUT2D eigenvalue weighted by molar-refractivity contribution is 5.71. The fourth-order valence-corrected chi connectivity index (χ4v) is 9.35. The van der Waals surface area contributed by atoms with Gasteiger partial charge >= 0.3 is 17.9 Å². The third-order valence-corrected chi connectivity index (χ3v) is 14.2. The minimum atomic E-state index is -0.773. The maximum absolute atomic E-state index is 12.8. The standard InChI is InChI=1S/C69H122O6/c1-4-7-10-13-16-19-21-23-25-26-27-28-29-30-31-32-33-34-35-36-37-38-39-40-41-42-43-44-45-47-48-50-53-56-59-62-68(71)74-65-66(64-73-67(70)61-58-55-52-18-15-12-9-6-3)75-69(72)63-60-57-54-51-49-46-24-22-20-17-14-11-8-5-2/h7,10,16,19,22-25,27-28,30-31,66H,4-6,8-9,11-15,17-18,20-21,26,29,32-65H2,1-3H3/b10-7-,19-16-,24-22-,25-23-,28-27-,31-30-. The predicted octanol–water partition coefficient (Wildman–Crippen LogP) is 22.1. The van der Waals surface area contributed by atoms with Gasteiger partial charge in [0.2, 0.25) is 0 Å². The molecule has 0 aromatic carbocycles. The summed E-state index contributed by atoms with van der Waals surface area (Å²) in [7, 11) is 0. The van der Waals surface area contributed by atoms with Gasteiger partial charge in [-0.1, -0.05) is 293 Å². The Balaban J connectivity index is 3.98. The molecule has 434 valence electrons. The molecule has 0 radical (unpaired) electrons. The summed E-state index contributed by atoms with van der Waals surface area (Å²) in [4.78, 5) is 38.0. The summed E-state index contributed by atoms with van der Waals surface area (Å²) in [6.45, 7) is 6.51. The van der Waals surface area contributed by atoms with E-state index in [1.807, 2.05) is 0 Å². The molecular weight excluding hydrogens is 925 g/mol. The molecule has 0 rings (SSSR count). The molecule has 0 fully saturated rings. The van der Waals surface area contributed by atoms with Crippen LogP contribution in [0.2, 0.25) is 0 Å². The number of carbonyl (C=O) groups excluding carboxylic acids is 3. The highest BCUT2D eigenvalue weighted by atomic mass is 16.6. The van der Waals surface area contributed by atoms with Crippen molar-refractivity contribution in [3.8, 4) is 0 Å². The van der Waals surface area contributed by atoms with Crippen molar-refractivity contribution in [1.82, 2.24) is 0 Å². The molecule has 75 heavy (non-hydrogen) atoms. The van der Waals surface area contributed by atoms with Gasteiger partial charge in [0.15, 0.2) is 6.10 Å². The maximum Gasteiger partial charge on any atom is 0.306 e. The second kappa shape index (κ2) is 63.4. The normalized spacial score (nSPS) is 12.5. The third-order valence-electron chi connectivity index (χ3n) is 14.2. The molecule has 0 aliphatic carbocycles. The quantitative estimate of drug-likeness (QED) is 0.0261. The third kappa shape index (κ3) is 61.6. The van der Waals surface area contributed by atoms with Crippen molar-refractivity contribution >= 4 is 17.9 Å². The first-order valence-electron chi connectivity index (χ1n) is 32.4. The van der Waals surface area contributed by atoms with Gasteiger partial charge in [-0.2, -0.15) is 0 Å². The van der Waals surface area contributed by atoms with Crippen LogP contribution in [0, 0.1) is 0 Å². The van der Waals surface area contributed by atoms with Gasteiger partial charge < -0.3 is 14.2 Å². The topological polar surface area (TPSA) is 78.9 Å². The van der Waals surface area contributed by atoms with Gasteiger partial charge in [0.05, 0.1) is 0 Å². The number of carbonyl (C=O) groups is 3. The number of rotatable bonds is 59. The SMILES string of the molecule is CC/C=C\C/C=C\C/C=C\C/C=C\C/C=C\CCCCCCCCCCCCCCCCCCCCCC(=O)OCC(COC(=O)CCCCCCCCCC)OC(=O)CCCCCCC/C=C\CCCCCCC. The second-order valence-electron chi connectivity index (χ2n) is 21.6. The van der Waals surface area contributed by atoms with Gasteiger partial charge in [0.25, 0.3) is 0 Å². The van der Waals surface area contributed by atoms with Crippen LogP contribution in [-0.2, 0) is 28.6 Å². The molecule has 6 heteroatoms. The zero-order valence-electron chi connectivity index (χ0n) is 49.8. The summed E-state index contributed by atoms with van der Waals surface area (Å²) >= 11 is 0. The molecule has 0 amide bonds. The molecule has 0 aromatic heterocycles. The van der Waals surface area contributed by atoms with Crippen molar-refractivity contribution in [3.63, 3.8) is 0 Å². The molecule has 1 atom stereocenters. The van der Waals surface area contributed by atoms with Crippen LogP contribution in [0.5, 0.6) is 0 Å². The molecular formula is C69H122O6. The van der Waals surface area contributed by atoms with Crippen LogP contribution in [0.25, 0.3) is 0 Å². The van der Waals surface area contributed by atoms with E-state index in [0.717, 1.165) is 96.3 Å². The van der Waals surface area contributed by atoms with Gasteiger partial charge in [-0.05, 0) is 89.9 Å². The number of hydrogen-bond donors (Lipinski definition) is 0. The Morgan fingerprint density at radius 2 is 0.520 bits per heavy atom. The van der Waals surface area contributed by atoms with E-state index < -0.39 is 6.10 Å². The minimum Gasteiger partial charge on any atom is -0.462 e. The Bertz CT molecular complexity index is 1390. The van der Waals surface area contributed by atoms with Crippen LogP contribution in [0.15, 0.2) is 72.9 Å². The van der Waals surface area contributed by atoms with Crippen LogP contribution >= 0.6 is 0 Å². The Morgan fingerprint density at radius 1 is 0.280 bits per heavy atom. The Labute approximate surface area is 465 Å². The average Bonchev–Trinajstić information content (AvgIpc) is 3.41. The molecule has 6 nitrogen and oxygen atoms in total. The van der Waals surface area contributed by atoms with E-state index in [9.17, 15) is 14.4 Å². The van der Waals surface area contributed by atoms with Crippen LogP contribution in [0.4, 0.5) is 0 Å². The maximum atomic E-state index is 12.8. The van der Waals surface area contributed by atoms with E-state index in [0.29, 0.717) is 19.3 Å². The lowest BCUT2D eigenvalue weighted by molar-refractivity contribution is -0.167. The summed E-state index contributed by atoms with van der Waals surface area (Å²) in [5, 5.41) is 0. The van der Waals surface area contributed by atoms with Gasteiger partial charge in [-0.25, -0.2) is 0 Å². The highest BCUT2D eigenvalue weighted by Gasteiger charge is 2.19. The number of unbranched alkanes of at least 4 members (excludes halogenated alkanes) is 36. The first-order valence-corrected chi connectivity index (χ1v) is 32.4. The monoisotopic (exact) mass is 1050 g/mol. The van der Waals surface area contributed by atoms with Crippen molar-refractivity contribution in [3.05, 3.63) is 72.9 Å². The summed E-state index contributed by atoms with van der Waals surface area (Å²) in [5.74, 6) is -0.871. The Morgan fingerprint density at radius 3 is 0.827 bits per heavy atom. The molecule has 0 aliphatic heterocycles. The molecule has 0 spiro atoms. The fraction of sp³-hybridized carbons (Fsp3) is 0.783. The van der Waals surface area contributed by atoms with Crippen molar-refractivity contribution in [2.45, 2.75) is 335 Å². The van der Waals surface area contributed by atoms with Crippen LogP contribution in [-0.4, -0.2) is 37.2 Å². The summed E-state index contributed by atoms with van der Waals surface area (Å²) in [6.07, 6.45) is 82.3. The lowest BCUT2D eigenvalue weighted by Crippen LogP contribution is -2.30. The summed E-state index contributed by atoms with van der Waals surface area (Å²) in [6, 6.07) is 0. The largest absolute Gasteiger partial charge is 0.462 e. The van der Waals surface area contributed by atoms with Crippen LogP contribution in [0.1, 0.15) is 329 Å². The van der Waals surface area contributed by atoms with E-state index >= 15 is 0 Å². The van der Waals surface area contributed by atoms with E-state index in [2.05, 4.69) is 93.7 Å². The lowest BCUT2D eigenvalue weighted by atomic mass is 10.0. The average molecular weight is 1050 g/mol.